The molecule has 0 saturated carbocycles. The summed E-state index contributed by atoms with van der Waals surface area (Å²) in [6.07, 6.45) is 0. The Balaban J connectivity index is 1.62. The van der Waals surface area contributed by atoms with E-state index >= 15 is 0 Å². The minimum absolute atomic E-state index is 0.0302. The van der Waals surface area contributed by atoms with Crippen molar-refractivity contribution in [2.45, 2.75) is 6.61 Å². The number of benzene rings is 2. The Bertz CT molecular complexity index is 920. The molecule has 0 bridgehead atoms. The molecule has 0 aliphatic carbocycles. The van der Waals surface area contributed by atoms with E-state index in [-0.39, 0.29) is 17.9 Å². The van der Waals surface area contributed by atoms with Gasteiger partial charge in [0.1, 0.15) is 17.4 Å². The summed E-state index contributed by atoms with van der Waals surface area (Å²) in [5.74, 6) is 0.210. The van der Waals surface area contributed by atoms with Crippen LogP contribution in [0.3, 0.4) is 0 Å². The lowest BCUT2D eigenvalue weighted by molar-refractivity contribution is -0.384. The first-order chi connectivity index (χ1) is 12.6. The molecule has 0 saturated heterocycles. The molecule has 0 amide bonds. The van der Waals surface area contributed by atoms with Crippen LogP contribution in [0.4, 0.5) is 5.69 Å². The molecule has 0 spiro atoms. The molecule has 0 aliphatic rings. The number of carbonyl (C=O) groups is 1. The molecular formula is C18H14N2O5S. The average Bonchev–Trinajstić information content (AvgIpc) is 3.15. The van der Waals surface area contributed by atoms with Crippen LogP contribution in [0.1, 0.15) is 16.1 Å². The number of carbonyl (C=O) groups excluding carboxylic acids is 1. The van der Waals surface area contributed by atoms with Gasteiger partial charge in [0.2, 0.25) is 0 Å². The Morgan fingerprint density at radius 1 is 1.15 bits per heavy atom. The molecule has 7 nitrogen and oxygen atoms in total. The number of esters is 1. The number of hydrogen-bond acceptors (Lipinski definition) is 7. The molecule has 0 fully saturated rings. The Morgan fingerprint density at radius 3 is 2.46 bits per heavy atom. The fourth-order valence-electron chi connectivity index (χ4n) is 2.18. The molecule has 0 radical (unpaired) electrons. The summed E-state index contributed by atoms with van der Waals surface area (Å²) in [4.78, 5) is 26.6. The summed E-state index contributed by atoms with van der Waals surface area (Å²) < 4.78 is 10.3. The van der Waals surface area contributed by atoms with Gasteiger partial charge < -0.3 is 9.47 Å². The van der Waals surface area contributed by atoms with Crippen molar-refractivity contribution >= 4 is 23.0 Å². The van der Waals surface area contributed by atoms with Crippen LogP contribution in [0.25, 0.3) is 10.6 Å². The van der Waals surface area contributed by atoms with Crippen molar-refractivity contribution in [2.75, 3.05) is 7.11 Å². The van der Waals surface area contributed by atoms with Gasteiger partial charge in [0.05, 0.1) is 23.3 Å². The fourth-order valence-corrected chi connectivity index (χ4v) is 2.99. The number of nitrogens with zero attached hydrogens (tertiary/aromatic N) is 2. The maximum Gasteiger partial charge on any atom is 0.338 e. The number of non-ortho nitro benzene ring substituents is 1. The lowest BCUT2D eigenvalue weighted by Crippen LogP contribution is -2.05. The molecule has 1 aromatic heterocycles. The molecule has 8 heteroatoms. The highest BCUT2D eigenvalue weighted by Crippen LogP contribution is 2.26. The van der Waals surface area contributed by atoms with Gasteiger partial charge in [0, 0.05) is 23.1 Å². The smallest absolute Gasteiger partial charge is 0.338 e. The Hall–Kier alpha value is -3.26. The van der Waals surface area contributed by atoms with Crippen LogP contribution in [0.15, 0.2) is 53.9 Å². The molecular weight excluding hydrogens is 356 g/mol. The first-order valence-electron chi connectivity index (χ1n) is 7.57. The fraction of sp³-hybridized carbons (Fsp3) is 0.111. The minimum atomic E-state index is -0.557. The van der Waals surface area contributed by atoms with Gasteiger partial charge in [-0.05, 0) is 36.4 Å². The number of aromatic nitrogens is 1. The molecule has 0 unspecified atom stereocenters. The third-order valence-corrected chi connectivity index (χ3v) is 4.49. The van der Waals surface area contributed by atoms with Crippen molar-refractivity contribution in [1.82, 2.24) is 4.98 Å². The maximum absolute atomic E-state index is 12.0. The van der Waals surface area contributed by atoms with Crippen LogP contribution < -0.4 is 4.74 Å². The highest BCUT2D eigenvalue weighted by molar-refractivity contribution is 7.13. The van der Waals surface area contributed by atoms with Crippen molar-refractivity contribution in [3.8, 4) is 16.3 Å². The summed E-state index contributed by atoms with van der Waals surface area (Å²) >= 11 is 1.45. The lowest BCUT2D eigenvalue weighted by atomic mass is 10.2. The van der Waals surface area contributed by atoms with E-state index in [0.29, 0.717) is 5.69 Å². The van der Waals surface area contributed by atoms with Gasteiger partial charge in [-0.1, -0.05) is 0 Å². The second-order valence-electron chi connectivity index (χ2n) is 5.25. The summed E-state index contributed by atoms with van der Waals surface area (Å²) in [6, 6.07) is 12.8. The molecule has 132 valence electrons. The van der Waals surface area contributed by atoms with Crippen LogP contribution in [0.5, 0.6) is 5.75 Å². The summed E-state index contributed by atoms with van der Waals surface area (Å²) in [7, 11) is 1.61. The van der Waals surface area contributed by atoms with Crippen LogP contribution in [0.2, 0.25) is 0 Å². The van der Waals surface area contributed by atoms with Crippen LogP contribution in [0, 0.1) is 10.1 Å². The highest BCUT2D eigenvalue weighted by atomic mass is 32.1. The topological polar surface area (TPSA) is 91.6 Å². The number of nitro groups is 1. The number of nitro benzene ring substituents is 1. The predicted octanol–water partition coefficient (Wildman–Crippen LogP) is 4.08. The minimum Gasteiger partial charge on any atom is -0.497 e. The molecule has 0 atom stereocenters. The number of hydrogen-bond donors (Lipinski definition) is 0. The van der Waals surface area contributed by atoms with Gasteiger partial charge in [-0.25, -0.2) is 9.78 Å². The zero-order valence-corrected chi connectivity index (χ0v) is 14.6. The quantitative estimate of drug-likeness (QED) is 0.369. The van der Waals surface area contributed by atoms with Crippen LogP contribution in [-0.4, -0.2) is 23.0 Å². The van der Waals surface area contributed by atoms with E-state index in [0.717, 1.165) is 16.3 Å². The van der Waals surface area contributed by atoms with E-state index in [1.54, 1.807) is 7.11 Å². The van der Waals surface area contributed by atoms with Crippen molar-refractivity contribution in [3.05, 3.63) is 75.3 Å². The lowest BCUT2D eigenvalue weighted by Gasteiger charge is -2.03. The molecule has 26 heavy (non-hydrogen) atoms. The van der Waals surface area contributed by atoms with Crippen molar-refractivity contribution in [2.24, 2.45) is 0 Å². The van der Waals surface area contributed by atoms with Crippen molar-refractivity contribution < 1.29 is 19.2 Å². The third kappa shape index (κ3) is 4.04. The van der Waals surface area contributed by atoms with E-state index in [1.807, 2.05) is 29.6 Å². The Morgan fingerprint density at radius 2 is 1.85 bits per heavy atom. The van der Waals surface area contributed by atoms with Gasteiger partial charge in [-0.15, -0.1) is 11.3 Å². The van der Waals surface area contributed by atoms with Gasteiger partial charge in [0.15, 0.2) is 0 Å². The monoisotopic (exact) mass is 370 g/mol. The zero-order chi connectivity index (χ0) is 18.5. The number of methoxy groups -OCH3 is 1. The van der Waals surface area contributed by atoms with Crippen LogP contribution in [-0.2, 0) is 11.3 Å². The Kier molecular flexibility index (Phi) is 5.23. The molecule has 3 aromatic rings. The third-order valence-electron chi connectivity index (χ3n) is 3.55. The molecule has 0 aliphatic heterocycles. The average molecular weight is 370 g/mol. The first-order valence-corrected chi connectivity index (χ1v) is 8.45. The second kappa shape index (κ2) is 7.75. The SMILES string of the molecule is COc1ccc(-c2nc(COC(=O)c3ccc([N+](=O)[O-])cc3)cs2)cc1. The van der Waals surface area contributed by atoms with E-state index in [4.69, 9.17) is 9.47 Å². The maximum atomic E-state index is 12.0. The number of thiazole rings is 1. The second-order valence-corrected chi connectivity index (χ2v) is 6.11. The summed E-state index contributed by atoms with van der Waals surface area (Å²) in [5, 5.41) is 13.3. The predicted molar refractivity (Wildman–Crippen MR) is 96.3 cm³/mol. The normalized spacial score (nSPS) is 10.3. The van der Waals surface area contributed by atoms with Gasteiger partial charge >= 0.3 is 5.97 Å². The highest BCUT2D eigenvalue weighted by Gasteiger charge is 2.12. The molecule has 0 N–H and O–H groups in total. The number of rotatable bonds is 6. The standard InChI is InChI=1S/C18H14N2O5S/c1-24-16-8-4-12(5-9-16)17-19-14(11-26-17)10-25-18(21)13-2-6-15(7-3-13)20(22)23/h2-9,11H,10H2,1H3. The summed E-state index contributed by atoms with van der Waals surface area (Å²) in [5.41, 5.74) is 1.76. The zero-order valence-electron chi connectivity index (χ0n) is 13.7. The Labute approximate surface area is 153 Å². The van der Waals surface area contributed by atoms with Crippen molar-refractivity contribution in [3.63, 3.8) is 0 Å². The molecule has 3 rings (SSSR count). The van der Waals surface area contributed by atoms with Crippen molar-refractivity contribution in [1.29, 1.82) is 0 Å². The summed E-state index contributed by atoms with van der Waals surface area (Å²) in [6.45, 7) is 0.0302. The largest absolute Gasteiger partial charge is 0.497 e. The van der Waals surface area contributed by atoms with E-state index < -0.39 is 10.9 Å². The van der Waals surface area contributed by atoms with Gasteiger partial charge in [0.25, 0.3) is 5.69 Å². The van der Waals surface area contributed by atoms with Gasteiger partial charge in [-0.2, -0.15) is 0 Å². The first kappa shape index (κ1) is 17.6. The van der Waals surface area contributed by atoms with E-state index in [2.05, 4.69) is 4.98 Å². The van der Waals surface area contributed by atoms with Crippen LogP contribution >= 0.6 is 11.3 Å². The van der Waals surface area contributed by atoms with E-state index in [1.165, 1.54) is 35.6 Å². The number of ether oxygens (including phenoxy) is 2. The molecule has 2 aromatic carbocycles. The molecule has 1 heterocycles. The van der Waals surface area contributed by atoms with Gasteiger partial charge in [-0.3, -0.25) is 10.1 Å². The van der Waals surface area contributed by atoms with E-state index in [9.17, 15) is 14.9 Å².